The van der Waals surface area contributed by atoms with E-state index in [-0.39, 0.29) is 0 Å². The molecule has 1 fully saturated rings. The second kappa shape index (κ2) is 6.51. The molecule has 3 aromatic heterocycles. The van der Waals surface area contributed by atoms with E-state index in [9.17, 15) is 0 Å². The lowest BCUT2D eigenvalue weighted by Crippen LogP contribution is -2.08. The number of hydrogen-bond donors (Lipinski definition) is 0. The van der Waals surface area contributed by atoms with E-state index in [1.807, 2.05) is 18.2 Å². The molecule has 24 heavy (non-hydrogen) atoms. The number of rotatable bonds is 5. The van der Waals surface area contributed by atoms with Gasteiger partial charge in [-0.2, -0.15) is 0 Å². The van der Waals surface area contributed by atoms with Gasteiger partial charge in [-0.25, -0.2) is 4.98 Å². The molecule has 5 nitrogen and oxygen atoms in total. The Labute approximate surface area is 145 Å². The molecule has 0 aromatic carbocycles. The first-order chi connectivity index (χ1) is 11.7. The van der Waals surface area contributed by atoms with E-state index in [4.69, 9.17) is 13.9 Å². The Hall–Kier alpha value is -1.95. The minimum atomic E-state index is 0.602. The minimum absolute atomic E-state index is 0.602. The molecule has 4 rings (SSSR count). The van der Waals surface area contributed by atoms with Crippen LogP contribution in [0, 0.1) is 13.8 Å². The molecule has 0 radical (unpaired) electrons. The number of thioether (sulfide) groups is 1. The topological polar surface area (TPSA) is 57.0 Å². The summed E-state index contributed by atoms with van der Waals surface area (Å²) in [4.78, 5) is 4.78. The van der Waals surface area contributed by atoms with Gasteiger partial charge in [0, 0.05) is 23.6 Å². The fraction of sp³-hybridized carbons (Fsp3) is 0.444. The Kier molecular flexibility index (Phi) is 4.22. The van der Waals surface area contributed by atoms with Crippen LogP contribution in [0.25, 0.3) is 11.5 Å². The fourth-order valence-corrected chi connectivity index (χ4v) is 4.38. The van der Waals surface area contributed by atoms with Crippen molar-refractivity contribution in [2.45, 2.75) is 56.5 Å². The van der Waals surface area contributed by atoms with Crippen LogP contribution in [0.1, 0.15) is 48.8 Å². The lowest BCUT2D eigenvalue weighted by Gasteiger charge is -2.16. The third-order valence-electron chi connectivity index (χ3n) is 4.72. The summed E-state index contributed by atoms with van der Waals surface area (Å²) in [6.45, 7) is 4.27. The highest BCUT2D eigenvalue weighted by Gasteiger charge is 2.23. The largest absolute Gasteiger partial charge is 0.461 e. The number of nitrogens with zero attached hydrogens (tertiary/aromatic N) is 3. The van der Waals surface area contributed by atoms with E-state index in [1.54, 1.807) is 18.0 Å². The van der Waals surface area contributed by atoms with Gasteiger partial charge in [0.1, 0.15) is 0 Å². The monoisotopic (exact) mass is 343 g/mol. The van der Waals surface area contributed by atoms with Crippen molar-refractivity contribution in [1.82, 2.24) is 14.7 Å². The molecule has 3 heterocycles. The molecule has 1 aliphatic rings. The molecule has 0 N–H and O–H groups in total. The van der Waals surface area contributed by atoms with Gasteiger partial charge in [0.05, 0.1) is 17.7 Å². The summed E-state index contributed by atoms with van der Waals surface area (Å²) >= 11 is 1.73. The zero-order valence-electron chi connectivity index (χ0n) is 14.0. The minimum Gasteiger partial charge on any atom is -0.461 e. The molecular weight excluding hydrogens is 322 g/mol. The fourth-order valence-electron chi connectivity index (χ4n) is 3.34. The van der Waals surface area contributed by atoms with Gasteiger partial charge in [-0.15, -0.1) is 0 Å². The van der Waals surface area contributed by atoms with Crippen LogP contribution < -0.4 is 0 Å². The lowest BCUT2D eigenvalue weighted by atomic mass is 10.2. The van der Waals surface area contributed by atoms with Gasteiger partial charge in [0.15, 0.2) is 10.9 Å². The smallest absolute Gasteiger partial charge is 0.202 e. The van der Waals surface area contributed by atoms with Crippen molar-refractivity contribution in [2.24, 2.45) is 0 Å². The van der Waals surface area contributed by atoms with Gasteiger partial charge in [-0.1, -0.05) is 29.8 Å². The summed E-state index contributed by atoms with van der Waals surface area (Å²) < 4.78 is 13.1. The average Bonchev–Trinajstić information content (AvgIpc) is 3.35. The Morgan fingerprint density at radius 3 is 2.83 bits per heavy atom. The van der Waals surface area contributed by atoms with Gasteiger partial charge in [0.25, 0.3) is 0 Å². The quantitative estimate of drug-likeness (QED) is 0.599. The lowest BCUT2D eigenvalue weighted by molar-refractivity contribution is 0.413. The molecular formula is C18H21N3O2S. The van der Waals surface area contributed by atoms with Gasteiger partial charge in [-0.3, -0.25) is 0 Å². The number of hydrogen-bond acceptors (Lipinski definition) is 5. The van der Waals surface area contributed by atoms with Crippen LogP contribution in [0.15, 0.2) is 38.6 Å². The van der Waals surface area contributed by atoms with Crippen LogP contribution in [0.4, 0.5) is 0 Å². The maximum Gasteiger partial charge on any atom is 0.202 e. The number of aryl methyl sites for hydroxylation is 1. The highest BCUT2D eigenvalue weighted by atomic mass is 32.2. The van der Waals surface area contributed by atoms with Crippen molar-refractivity contribution in [3.05, 3.63) is 41.5 Å². The van der Waals surface area contributed by atoms with Crippen molar-refractivity contribution in [1.29, 1.82) is 0 Å². The van der Waals surface area contributed by atoms with Crippen molar-refractivity contribution in [2.75, 3.05) is 0 Å². The Morgan fingerprint density at radius 2 is 2.08 bits per heavy atom. The number of aromatic nitrogens is 3. The molecule has 0 bridgehead atoms. The van der Waals surface area contributed by atoms with E-state index in [0.29, 0.717) is 17.6 Å². The van der Waals surface area contributed by atoms with Crippen LogP contribution in [0.2, 0.25) is 0 Å². The van der Waals surface area contributed by atoms with E-state index < -0.39 is 0 Å². The third kappa shape index (κ3) is 2.90. The standard InChI is InChI=1S/C18H21N3O2S/c1-12-13(2)21(15-6-3-4-7-15)18(19-12)24-11-14-10-17(23-20-14)16-8-5-9-22-16/h5,8-10,15H,3-4,6-7,11H2,1-2H3. The van der Waals surface area contributed by atoms with Crippen LogP contribution in [0.5, 0.6) is 0 Å². The molecule has 0 unspecified atom stereocenters. The van der Waals surface area contributed by atoms with Crippen molar-refractivity contribution in [3.63, 3.8) is 0 Å². The molecule has 0 atom stereocenters. The van der Waals surface area contributed by atoms with Gasteiger partial charge in [0.2, 0.25) is 5.76 Å². The average molecular weight is 343 g/mol. The van der Waals surface area contributed by atoms with Crippen LogP contribution in [-0.2, 0) is 5.75 Å². The summed E-state index contributed by atoms with van der Waals surface area (Å²) in [7, 11) is 0. The highest BCUT2D eigenvalue weighted by Crippen LogP contribution is 2.36. The number of imidazole rings is 1. The molecule has 126 valence electrons. The van der Waals surface area contributed by atoms with Gasteiger partial charge in [-0.05, 0) is 38.8 Å². The Bertz CT molecular complexity index is 814. The summed E-state index contributed by atoms with van der Waals surface area (Å²) in [5, 5.41) is 5.25. The van der Waals surface area contributed by atoms with Crippen molar-refractivity contribution in [3.8, 4) is 11.5 Å². The summed E-state index contributed by atoms with van der Waals surface area (Å²) in [6, 6.07) is 6.26. The second-order valence-corrected chi connectivity index (χ2v) is 7.26. The Balaban J connectivity index is 1.51. The van der Waals surface area contributed by atoms with E-state index in [2.05, 4.69) is 23.6 Å². The van der Waals surface area contributed by atoms with E-state index >= 15 is 0 Å². The normalized spacial score (nSPS) is 15.4. The molecule has 1 saturated carbocycles. The van der Waals surface area contributed by atoms with Crippen LogP contribution in [-0.4, -0.2) is 14.7 Å². The maximum absolute atomic E-state index is 5.37. The summed E-state index contributed by atoms with van der Waals surface area (Å²) in [5.41, 5.74) is 3.32. The van der Waals surface area contributed by atoms with Crippen LogP contribution in [0.3, 0.4) is 0 Å². The SMILES string of the molecule is Cc1nc(SCc2cc(-c3ccco3)on2)n(C2CCCC2)c1C. The summed E-state index contributed by atoms with van der Waals surface area (Å²) in [6.07, 6.45) is 6.80. The van der Waals surface area contributed by atoms with Crippen LogP contribution >= 0.6 is 11.8 Å². The van der Waals surface area contributed by atoms with Crippen molar-refractivity contribution < 1.29 is 8.94 Å². The van der Waals surface area contributed by atoms with E-state index in [0.717, 1.165) is 22.3 Å². The molecule has 6 heteroatoms. The molecule has 0 saturated heterocycles. The molecule has 0 aliphatic heterocycles. The molecule has 0 amide bonds. The highest BCUT2D eigenvalue weighted by molar-refractivity contribution is 7.98. The molecule has 0 spiro atoms. The van der Waals surface area contributed by atoms with E-state index in [1.165, 1.54) is 31.4 Å². The first-order valence-electron chi connectivity index (χ1n) is 8.40. The third-order valence-corrected chi connectivity index (χ3v) is 5.70. The van der Waals surface area contributed by atoms with Crippen molar-refractivity contribution >= 4 is 11.8 Å². The zero-order chi connectivity index (χ0) is 16.5. The first kappa shape index (κ1) is 15.6. The predicted molar refractivity (Wildman–Crippen MR) is 93.0 cm³/mol. The second-order valence-electron chi connectivity index (χ2n) is 6.32. The zero-order valence-corrected chi connectivity index (χ0v) is 14.8. The first-order valence-corrected chi connectivity index (χ1v) is 9.38. The van der Waals surface area contributed by atoms with Gasteiger partial charge >= 0.3 is 0 Å². The molecule has 3 aromatic rings. The Morgan fingerprint density at radius 1 is 1.25 bits per heavy atom. The maximum atomic E-state index is 5.37. The molecule has 1 aliphatic carbocycles. The van der Waals surface area contributed by atoms with Gasteiger partial charge < -0.3 is 13.5 Å². The summed E-state index contributed by atoms with van der Waals surface area (Å²) in [5.74, 6) is 2.12. The number of furan rings is 1. The predicted octanol–water partition coefficient (Wildman–Crippen LogP) is 5.16.